The summed E-state index contributed by atoms with van der Waals surface area (Å²) in [4.78, 5) is 0. The molecule has 21 heavy (non-hydrogen) atoms. The van der Waals surface area contributed by atoms with Gasteiger partial charge >= 0.3 is 0 Å². The van der Waals surface area contributed by atoms with Gasteiger partial charge in [0.15, 0.2) is 0 Å². The second-order valence-corrected chi connectivity index (χ2v) is 6.41. The Morgan fingerprint density at radius 1 is 1.33 bits per heavy atom. The van der Waals surface area contributed by atoms with Crippen molar-refractivity contribution in [2.24, 2.45) is 11.3 Å². The Kier molecular flexibility index (Phi) is 5.73. The zero-order chi connectivity index (χ0) is 15.3. The topological polar surface area (TPSA) is 41.5 Å². The number of halogens is 1. The van der Waals surface area contributed by atoms with Crippen molar-refractivity contribution in [2.45, 2.75) is 39.4 Å². The van der Waals surface area contributed by atoms with E-state index < -0.39 is 6.10 Å². The van der Waals surface area contributed by atoms with Crippen molar-refractivity contribution in [1.29, 1.82) is 0 Å². The molecule has 2 N–H and O–H groups in total. The minimum Gasteiger partial charge on any atom is -0.389 e. The van der Waals surface area contributed by atoms with Crippen molar-refractivity contribution in [3.8, 4) is 0 Å². The van der Waals surface area contributed by atoms with Crippen LogP contribution in [-0.2, 0) is 11.3 Å². The lowest BCUT2D eigenvalue weighted by Crippen LogP contribution is -2.35. The molecular formula is C17H26FNO2. The highest BCUT2D eigenvalue weighted by Gasteiger charge is 2.44. The Morgan fingerprint density at radius 3 is 2.67 bits per heavy atom. The van der Waals surface area contributed by atoms with Crippen LogP contribution < -0.4 is 5.32 Å². The summed E-state index contributed by atoms with van der Waals surface area (Å²) in [5, 5.41) is 13.2. The Balaban J connectivity index is 1.60. The minimum absolute atomic E-state index is 0.194. The molecule has 3 nitrogen and oxygen atoms in total. The maximum atomic E-state index is 13.4. The summed E-state index contributed by atoms with van der Waals surface area (Å²) in [6.45, 7) is 6.39. The van der Waals surface area contributed by atoms with Gasteiger partial charge in [0.2, 0.25) is 0 Å². The lowest BCUT2D eigenvalue weighted by molar-refractivity contribution is 0.0271. The van der Waals surface area contributed by atoms with Gasteiger partial charge in [-0.3, -0.25) is 0 Å². The summed E-state index contributed by atoms with van der Waals surface area (Å²) >= 11 is 0. The number of rotatable bonds is 9. The largest absolute Gasteiger partial charge is 0.389 e. The number of nitrogens with one attached hydrogen (secondary N) is 1. The highest BCUT2D eigenvalue weighted by atomic mass is 19.1. The fourth-order valence-corrected chi connectivity index (χ4v) is 2.59. The molecule has 1 unspecified atom stereocenters. The molecule has 1 aromatic carbocycles. The molecule has 118 valence electrons. The average Bonchev–Trinajstić information content (AvgIpc) is 3.22. The Morgan fingerprint density at radius 2 is 2.05 bits per heavy atom. The summed E-state index contributed by atoms with van der Waals surface area (Å²) in [6.07, 6.45) is 1.99. The quantitative estimate of drug-likeness (QED) is 0.736. The SMILES string of the molecule is CC(C)C1(CNCC(O)COCc2ccccc2F)CC1. The summed E-state index contributed by atoms with van der Waals surface area (Å²) in [6, 6.07) is 6.54. The van der Waals surface area contributed by atoms with E-state index in [1.54, 1.807) is 18.2 Å². The second-order valence-electron chi connectivity index (χ2n) is 6.41. The summed E-state index contributed by atoms with van der Waals surface area (Å²) in [5.74, 6) is 0.414. The molecule has 1 fully saturated rings. The van der Waals surface area contributed by atoms with Crippen LogP contribution in [-0.4, -0.2) is 30.9 Å². The van der Waals surface area contributed by atoms with Crippen LogP contribution in [0.5, 0.6) is 0 Å². The standard InChI is InChI=1S/C17H26FNO2/c1-13(2)17(7-8-17)12-19-9-15(20)11-21-10-14-5-3-4-6-16(14)18/h3-6,13,15,19-20H,7-12H2,1-2H3. The molecule has 2 rings (SSSR count). The Labute approximate surface area is 126 Å². The first-order valence-corrected chi connectivity index (χ1v) is 7.73. The molecule has 1 saturated carbocycles. The first-order chi connectivity index (χ1) is 10.0. The molecule has 1 aliphatic rings. The van der Waals surface area contributed by atoms with E-state index in [9.17, 15) is 9.50 Å². The number of hydrogen-bond acceptors (Lipinski definition) is 3. The van der Waals surface area contributed by atoms with Crippen molar-refractivity contribution < 1.29 is 14.2 Å². The zero-order valence-electron chi connectivity index (χ0n) is 12.9. The maximum Gasteiger partial charge on any atom is 0.128 e. The summed E-state index contributed by atoms with van der Waals surface area (Å²) in [5.41, 5.74) is 0.961. The average molecular weight is 295 g/mol. The van der Waals surface area contributed by atoms with Crippen LogP contribution in [0, 0.1) is 17.2 Å². The normalized spacial score (nSPS) is 18.0. The lowest BCUT2D eigenvalue weighted by Gasteiger charge is -2.21. The highest BCUT2D eigenvalue weighted by molar-refractivity contribution is 5.16. The molecule has 1 aliphatic carbocycles. The van der Waals surface area contributed by atoms with E-state index in [1.807, 2.05) is 0 Å². The third kappa shape index (κ3) is 4.77. The van der Waals surface area contributed by atoms with Gasteiger partial charge in [-0.05, 0) is 30.2 Å². The van der Waals surface area contributed by atoms with Crippen LogP contribution in [0.3, 0.4) is 0 Å². The van der Waals surface area contributed by atoms with Crippen LogP contribution in [0.25, 0.3) is 0 Å². The van der Waals surface area contributed by atoms with E-state index in [0.29, 0.717) is 23.4 Å². The van der Waals surface area contributed by atoms with Crippen molar-refractivity contribution in [3.63, 3.8) is 0 Å². The van der Waals surface area contributed by atoms with E-state index in [0.717, 1.165) is 6.54 Å². The third-order valence-corrected chi connectivity index (χ3v) is 4.50. The fourth-order valence-electron chi connectivity index (χ4n) is 2.59. The van der Waals surface area contributed by atoms with Gasteiger partial charge in [0.1, 0.15) is 5.82 Å². The molecule has 0 saturated heterocycles. The molecule has 0 spiro atoms. The van der Waals surface area contributed by atoms with Gasteiger partial charge in [-0.2, -0.15) is 0 Å². The molecule has 1 atom stereocenters. The first-order valence-electron chi connectivity index (χ1n) is 7.73. The number of ether oxygens (including phenoxy) is 1. The first kappa shape index (κ1) is 16.4. The van der Waals surface area contributed by atoms with Gasteiger partial charge in [-0.1, -0.05) is 32.0 Å². The van der Waals surface area contributed by atoms with Gasteiger partial charge in [0, 0.05) is 18.7 Å². The van der Waals surface area contributed by atoms with Crippen LogP contribution >= 0.6 is 0 Å². The Hall–Kier alpha value is -0.970. The van der Waals surface area contributed by atoms with Gasteiger partial charge in [-0.25, -0.2) is 4.39 Å². The van der Waals surface area contributed by atoms with E-state index in [-0.39, 0.29) is 19.0 Å². The predicted molar refractivity (Wildman–Crippen MR) is 81.4 cm³/mol. The summed E-state index contributed by atoms with van der Waals surface area (Å²) in [7, 11) is 0. The van der Waals surface area contributed by atoms with Crippen molar-refractivity contribution >= 4 is 0 Å². The predicted octanol–water partition coefficient (Wildman–Crippen LogP) is 2.73. The van der Waals surface area contributed by atoms with E-state index in [2.05, 4.69) is 19.2 Å². The number of aliphatic hydroxyl groups is 1. The van der Waals surface area contributed by atoms with E-state index in [1.165, 1.54) is 18.9 Å². The van der Waals surface area contributed by atoms with E-state index >= 15 is 0 Å². The number of benzene rings is 1. The molecule has 4 heteroatoms. The van der Waals surface area contributed by atoms with Crippen LogP contribution in [0.1, 0.15) is 32.3 Å². The second kappa shape index (κ2) is 7.34. The van der Waals surface area contributed by atoms with Gasteiger partial charge in [0.05, 0.1) is 19.3 Å². The maximum absolute atomic E-state index is 13.4. The fraction of sp³-hybridized carbons (Fsp3) is 0.647. The monoisotopic (exact) mass is 295 g/mol. The third-order valence-electron chi connectivity index (χ3n) is 4.50. The van der Waals surface area contributed by atoms with Crippen LogP contribution in [0.4, 0.5) is 4.39 Å². The highest BCUT2D eigenvalue weighted by Crippen LogP contribution is 2.51. The minimum atomic E-state index is -0.556. The van der Waals surface area contributed by atoms with Crippen LogP contribution in [0.2, 0.25) is 0 Å². The molecular weight excluding hydrogens is 269 g/mol. The van der Waals surface area contributed by atoms with Gasteiger partial charge in [0.25, 0.3) is 0 Å². The molecule has 0 heterocycles. The number of aliphatic hydroxyl groups excluding tert-OH is 1. The number of hydrogen-bond donors (Lipinski definition) is 2. The molecule has 1 aromatic rings. The van der Waals surface area contributed by atoms with Crippen molar-refractivity contribution in [2.75, 3.05) is 19.7 Å². The molecule has 0 radical (unpaired) electrons. The van der Waals surface area contributed by atoms with Crippen LogP contribution in [0.15, 0.2) is 24.3 Å². The molecule has 0 aromatic heterocycles. The zero-order valence-corrected chi connectivity index (χ0v) is 12.9. The smallest absolute Gasteiger partial charge is 0.128 e. The van der Waals surface area contributed by atoms with Gasteiger partial charge in [-0.15, -0.1) is 0 Å². The van der Waals surface area contributed by atoms with Gasteiger partial charge < -0.3 is 15.2 Å². The molecule has 0 bridgehead atoms. The summed E-state index contributed by atoms with van der Waals surface area (Å²) < 4.78 is 18.8. The molecule has 0 aliphatic heterocycles. The molecule has 0 amide bonds. The Bertz CT molecular complexity index is 446. The van der Waals surface area contributed by atoms with Crippen molar-refractivity contribution in [3.05, 3.63) is 35.6 Å². The van der Waals surface area contributed by atoms with Crippen molar-refractivity contribution in [1.82, 2.24) is 5.32 Å². The lowest BCUT2D eigenvalue weighted by atomic mass is 9.92. The van der Waals surface area contributed by atoms with E-state index in [4.69, 9.17) is 4.74 Å².